The van der Waals surface area contributed by atoms with Crippen LogP contribution in [0.15, 0.2) is 30.3 Å². The van der Waals surface area contributed by atoms with Crippen molar-refractivity contribution in [3.63, 3.8) is 0 Å². The summed E-state index contributed by atoms with van der Waals surface area (Å²) < 4.78 is 19.4. The number of methoxy groups -OCH3 is 1. The van der Waals surface area contributed by atoms with E-state index in [2.05, 4.69) is 6.92 Å². The first-order valence-corrected chi connectivity index (χ1v) is 7.13. The summed E-state index contributed by atoms with van der Waals surface area (Å²) in [7, 11) is 1.56. The van der Waals surface area contributed by atoms with Crippen molar-refractivity contribution in [3.8, 4) is 16.9 Å². The van der Waals surface area contributed by atoms with E-state index >= 15 is 0 Å². The molecule has 0 spiro atoms. The van der Waals surface area contributed by atoms with Crippen LogP contribution < -0.4 is 4.74 Å². The minimum Gasteiger partial charge on any atom is -0.495 e. The Morgan fingerprint density at radius 2 is 1.70 bits per heavy atom. The zero-order valence-electron chi connectivity index (χ0n) is 12.0. The van der Waals surface area contributed by atoms with Gasteiger partial charge in [0.1, 0.15) is 11.6 Å². The van der Waals surface area contributed by atoms with Crippen LogP contribution >= 0.6 is 11.6 Å². The fraction of sp³-hybridized carbons (Fsp3) is 0.294. The topological polar surface area (TPSA) is 9.23 Å². The molecule has 2 aromatic rings. The average molecular weight is 293 g/mol. The molecule has 0 aliphatic rings. The molecule has 0 aliphatic carbocycles. The summed E-state index contributed by atoms with van der Waals surface area (Å²) in [6.07, 6.45) is 1.73. The van der Waals surface area contributed by atoms with E-state index in [1.54, 1.807) is 25.3 Å². The zero-order valence-corrected chi connectivity index (χ0v) is 12.7. The summed E-state index contributed by atoms with van der Waals surface area (Å²) in [4.78, 5) is 0. The van der Waals surface area contributed by atoms with Crippen LogP contribution in [0.1, 0.15) is 25.0 Å². The predicted molar refractivity (Wildman–Crippen MR) is 82.2 cm³/mol. The number of aryl methyl sites for hydroxylation is 2. The van der Waals surface area contributed by atoms with Crippen molar-refractivity contribution in [2.75, 3.05) is 7.11 Å². The molecule has 0 saturated carbocycles. The first kappa shape index (κ1) is 14.9. The molecule has 0 fully saturated rings. The van der Waals surface area contributed by atoms with Crippen LogP contribution in [-0.4, -0.2) is 7.11 Å². The molecular weight excluding hydrogens is 275 g/mol. The van der Waals surface area contributed by atoms with Gasteiger partial charge in [0, 0.05) is 5.56 Å². The second kappa shape index (κ2) is 6.27. The van der Waals surface area contributed by atoms with Crippen LogP contribution in [0.5, 0.6) is 5.75 Å². The fourth-order valence-corrected chi connectivity index (χ4v) is 2.63. The first-order valence-electron chi connectivity index (χ1n) is 6.75. The van der Waals surface area contributed by atoms with Gasteiger partial charge in [-0.05, 0) is 53.8 Å². The van der Waals surface area contributed by atoms with Gasteiger partial charge in [0.15, 0.2) is 0 Å². The molecule has 0 radical (unpaired) electrons. The maximum atomic E-state index is 14.3. The van der Waals surface area contributed by atoms with Gasteiger partial charge in [-0.15, -0.1) is 0 Å². The van der Waals surface area contributed by atoms with Gasteiger partial charge in [-0.3, -0.25) is 0 Å². The highest BCUT2D eigenvalue weighted by Gasteiger charge is 2.11. The minimum atomic E-state index is -0.208. The molecule has 1 nitrogen and oxygen atoms in total. The summed E-state index contributed by atoms with van der Waals surface area (Å²) >= 11 is 6.12. The van der Waals surface area contributed by atoms with Gasteiger partial charge < -0.3 is 4.74 Å². The molecule has 3 heteroatoms. The Bertz CT molecular complexity index is 623. The third-order valence-corrected chi connectivity index (χ3v) is 3.81. The quantitative estimate of drug-likeness (QED) is 0.745. The Hall–Kier alpha value is -1.54. The third-order valence-electron chi connectivity index (χ3n) is 3.51. The van der Waals surface area contributed by atoms with Crippen molar-refractivity contribution in [1.29, 1.82) is 0 Å². The van der Waals surface area contributed by atoms with E-state index in [0.29, 0.717) is 16.3 Å². The van der Waals surface area contributed by atoms with E-state index in [1.807, 2.05) is 19.1 Å². The molecule has 0 atom stereocenters. The van der Waals surface area contributed by atoms with Gasteiger partial charge in [0.05, 0.1) is 12.1 Å². The number of hydrogen-bond donors (Lipinski definition) is 0. The predicted octanol–water partition coefficient (Wildman–Crippen LogP) is 5.28. The zero-order chi connectivity index (χ0) is 14.7. The molecule has 20 heavy (non-hydrogen) atoms. The standard InChI is InChI=1S/C17H18ClFO/c1-4-11-8-14(16(19)10-12(11)5-2)13-6-7-17(20-3)15(18)9-13/h6-10H,4-5H2,1-3H3. The molecule has 0 amide bonds. The molecule has 0 aliphatic heterocycles. The second-order valence-corrected chi connectivity index (χ2v) is 5.06. The number of hydrogen-bond acceptors (Lipinski definition) is 1. The van der Waals surface area contributed by atoms with Crippen molar-refractivity contribution in [2.45, 2.75) is 26.7 Å². The second-order valence-electron chi connectivity index (χ2n) is 4.66. The lowest BCUT2D eigenvalue weighted by Gasteiger charge is -2.12. The smallest absolute Gasteiger partial charge is 0.137 e. The van der Waals surface area contributed by atoms with Crippen molar-refractivity contribution in [2.24, 2.45) is 0 Å². The molecule has 0 aromatic heterocycles. The lowest BCUT2D eigenvalue weighted by molar-refractivity contribution is 0.415. The Balaban J connectivity index is 2.54. The summed E-state index contributed by atoms with van der Waals surface area (Å²) in [6.45, 7) is 4.12. The van der Waals surface area contributed by atoms with E-state index in [9.17, 15) is 4.39 Å². The molecule has 2 rings (SSSR count). The SMILES string of the molecule is CCc1cc(F)c(-c2ccc(OC)c(Cl)c2)cc1CC. The number of benzene rings is 2. The van der Waals surface area contributed by atoms with Gasteiger partial charge >= 0.3 is 0 Å². The molecule has 0 unspecified atom stereocenters. The first-order chi connectivity index (χ1) is 9.60. The molecule has 0 bridgehead atoms. The highest BCUT2D eigenvalue weighted by Crippen LogP contribution is 2.32. The van der Waals surface area contributed by atoms with Crippen molar-refractivity contribution in [1.82, 2.24) is 0 Å². The summed E-state index contributed by atoms with van der Waals surface area (Å²) in [5, 5.41) is 0.488. The summed E-state index contributed by atoms with van der Waals surface area (Å²) in [6, 6.07) is 8.88. The van der Waals surface area contributed by atoms with Crippen LogP contribution in [-0.2, 0) is 12.8 Å². The highest BCUT2D eigenvalue weighted by atomic mass is 35.5. The highest BCUT2D eigenvalue weighted by molar-refractivity contribution is 6.32. The molecule has 2 aromatic carbocycles. The molecule has 0 saturated heterocycles. The van der Waals surface area contributed by atoms with Crippen LogP contribution in [0.25, 0.3) is 11.1 Å². The minimum absolute atomic E-state index is 0.208. The molecular formula is C17H18ClFO. The molecule has 106 valence electrons. The van der Waals surface area contributed by atoms with Crippen LogP contribution in [0, 0.1) is 5.82 Å². The Labute approximate surface area is 124 Å². The average Bonchev–Trinajstić information content (AvgIpc) is 2.46. The lowest BCUT2D eigenvalue weighted by Crippen LogP contribution is -1.96. The van der Waals surface area contributed by atoms with E-state index in [4.69, 9.17) is 16.3 Å². The van der Waals surface area contributed by atoms with E-state index < -0.39 is 0 Å². The Morgan fingerprint density at radius 3 is 2.25 bits per heavy atom. The van der Waals surface area contributed by atoms with Crippen LogP contribution in [0.4, 0.5) is 4.39 Å². The lowest BCUT2D eigenvalue weighted by atomic mass is 9.96. The number of rotatable bonds is 4. The Kier molecular flexibility index (Phi) is 4.66. The van der Waals surface area contributed by atoms with Crippen molar-refractivity contribution < 1.29 is 9.13 Å². The van der Waals surface area contributed by atoms with Crippen LogP contribution in [0.2, 0.25) is 5.02 Å². The normalized spacial score (nSPS) is 10.7. The van der Waals surface area contributed by atoms with Gasteiger partial charge in [-0.25, -0.2) is 4.39 Å². The van der Waals surface area contributed by atoms with E-state index in [-0.39, 0.29) is 5.82 Å². The fourth-order valence-electron chi connectivity index (χ4n) is 2.37. The third kappa shape index (κ3) is 2.80. The van der Waals surface area contributed by atoms with Gasteiger partial charge in [-0.1, -0.05) is 31.5 Å². The van der Waals surface area contributed by atoms with Gasteiger partial charge in [-0.2, -0.15) is 0 Å². The monoisotopic (exact) mass is 292 g/mol. The maximum absolute atomic E-state index is 14.3. The Morgan fingerprint density at radius 1 is 1.05 bits per heavy atom. The number of halogens is 2. The van der Waals surface area contributed by atoms with Gasteiger partial charge in [0.25, 0.3) is 0 Å². The van der Waals surface area contributed by atoms with Crippen LogP contribution in [0.3, 0.4) is 0 Å². The molecule has 0 N–H and O–H groups in total. The maximum Gasteiger partial charge on any atom is 0.137 e. The largest absolute Gasteiger partial charge is 0.495 e. The van der Waals surface area contributed by atoms with E-state index in [0.717, 1.165) is 24.0 Å². The van der Waals surface area contributed by atoms with E-state index in [1.165, 1.54) is 5.56 Å². The number of ether oxygens (including phenoxy) is 1. The summed E-state index contributed by atoms with van der Waals surface area (Å²) in [5.41, 5.74) is 3.60. The molecule has 0 heterocycles. The van der Waals surface area contributed by atoms with Crippen molar-refractivity contribution >= 4 is 11.6 Å². The summed E-state index contributed by atoms with van der Waals surface area (Å²) in [5.74, 6) is 0.386. The van der Waals surface area contributed by atoms with Crippen molar-refractivity contribution in [3.05, 3.63) is 52.3 Å². The van der Waals surface area contributed by atoms with Gasteiger partial charge in [0.2, 0.25) is 0 Å².